The highest BCUT2D eigenvalue weighted by Gasteiger charge is 2.57. The van der Waals surface area contributed by atoms with E-state index in [1.807, 2.05) is 6.92 Å². The number of hydrogen-bond donors (Lipinski definition) is 1. The van der Waals surface area contributed by atoms with Crippen LogP contribution in [0.5, 0.6) is 0 Å². The number of rotatable bonds is 7. The zero-order valence-electron chi connectivity index (χ0n) is 10.3. The number of hydrogen-bond acceptors (Lipinski definition) is 5. The number of amides is 1. The third-order valence-corrected chi connectivity index (χ3v) is 2.42. The summed E-state index contributed by atoms with van der Waals surface area (Å²) in [6, 6.07) is 0. The number of carbonyl (C=O) groups is 2. The first-order valence-corrected chi connectivity index (χ1v) is 5.64. The molecule has 0 saturated carbocycles. The molecule has 0 aromatic rings. The molecule has 0 aromatic carbocycles. The highest BCUT2D eigenvalue weighted by molar-refractivity contribution is 5.92. The second kappa shape index (κ2) is 6.09. The summed E-state index contributed by atoms with van der Waals surface area (Å²) in [5.41, 5.74) is -1.68. The van der Waals surface area contributed by atoms with Crippen LogP contribution in [0, 0.1) is 0 Å². The van der Waals surface area contributed by atoms with Gasteiger partial charge in [0.25, 0.3) is 0 Å². The van der Waals surface area contributed by atoms with Gasteiger partial charge < -0.3 is 19.5 Å². The Balaban J connectivity index is 2.95. The van der Waals surface area contributed by atoms with Gasteiger partial charge in [-0.25, -0.2) is 4.79 Å². The van der Waals surface area contributed by atoms with Gasteiger partial charge in [-0.05, 0) is 6.42 Å². The lowest BCUT2D eigenvalue weighted by Gasteiger charge is -2.30. The largest absolute Gasteiger partial charge is 0.491 e. The van der Waals surface area contributed by atoms with E-state index in [9.17, 15) is 9.59 Å². The molecular weight excluding hydrogens is 238 g/mol. The van der Waals surface area contributed by atoms with E-state index in [4.69, 9.17) is 14.2 Å². The molecule has 6 heteroatoms. The molecule has 0 bridgehead atoms. The monoisotopic (exact) mass is 255 g/mol. The van der Waals surface area contributed by atoms with E-state index in [1.54, 1.807) is 0 Å². The summed E-state index contributed by atoms with van der Waals surface area (Å²) in [6.07, 6.45) is 2.04. The van der Waals surface area contributed by atoms with Crippen molar-refractivity contribution in [3.8, 4) is 0 Å². The minimum Gasteiger partial charge on any atom is -0.491 e. The highest BCUT2D eigenvalue weighted by Crippen LogP contribution is 2.27. The predicted molar refractivity (Wildman–Crippen MR) is 63.1 cm³/mol. The van der Waals surface area contributed by atoms with Gasteiger partial charge in [-0.1, -0.05) is 20.1 Å². The summed E-state index contributed by atoms with van der Waals surface area (Å²) in [4.78, 5) is 23.5. The number of carbonyl (C=O) groups excluding carboxylic acids is 2. The zero-order chi connectivity index (χ0) is 13.6. The van der Waals surface area contributed by atoms with Crippen molar-refractivity contribution in [3.63, 3.8) is 0 Å². The lowest BCUT2D eigenvalue weighted by Crippen LogP contribution is -2.57. The second-order valence-corrected chi connectivity index (χ2v) is 3.70. The molecule has 6 nitrogen and oxygen atoms in total. The molecule has 0 radical (unpaired) electrons. The van der Waals surface area contributed by atoms with Crippen LogP contribution in [0.3, 0.4) is 0 Å². The maximum atomic E-state index is 12.0. The normalized spacial score (nSPS) is 26.1. The molecule has 1 heterocycles. The molecule has 1 amide bonds. The predicted octanol–water partition coefficient (Wildman–Crippen LogP) is 0.845. The van der Waals surface area contributed by atoms with E-state index in [0.717, 1.165) is 12.5 Å². The van der Waals surface area contributed by atoms with Gasteiger partial charge in [0.2, 0.25) is 5.91 Å². The fraction of sp³-hybridized carbons (Fsp3) is 0.500. The van der Waals surface area contributed by atoms with Crippen molar-refractivity contribution in [2.45, 2.75) is 31.6 Å². The Hall–Kier alpha value is -1.98. The van der Waals surface area contributed by atoms with Gasteiger partial charge in [0.1, 0.15) is 0 Å². The van der Waals surface area contributed by atoms with Crippen molar-refractivity contribution in [1.82, 2.24) is 5.32 Å². The van der Waals surface area contributed by atoms with Crippen molar-refractivity contribution >= 4 is 11.9 Å². The van der Waals surface area contributed by atoms with Crippen LogP contribution in [0.25, 0.3) is 0 Å². The topological polar surface area (TPSA) is 73.9 Å². The fourth-order valence-electron chi connectivity index (χ4n) is 1.68. The van der Waals surface area contributed by atoms with Crippen LogP contribution in [-0.2, 0) is 23.8 Å². The Bertz CT molecular complexity index is 354. The first-order chi connectivity index (χ1) is 8.60. The van der Waals surface area contributed by atoms with Crippen LogP contribution in [0.2, 0.25) is 0 Å². The summed E-state index contributed by atoms with van der Waals surface area (Å²) in [5.74, 6) is -1.07. The van der Waals surface area contributed by atoms with Gasteiger partial charge in [0, 0.05) is 0 Å². The second-order valence-electron chi connectivity index (χ2n) is 3.70. The lowest BCUT2D eigenvalue weighted by atomic mass is 10.1. The van der Waals surface area contributed by atoms with Crippen LogP contribution in [0.1, 0.15) is 19.8 Å². The van der Waals surface area contributed by atoms with Gasteiger partial charge in [-0.15, -0.1) is 0 Å². The Morgan fingerprint density at radius 3 is 2.83 bits per heavy atom. The van der Waals surface area contributed by atoms with Crippen molar-refractivity contribution in [1.29, 1.82) is 0 Å². The minimum absolute atomic E-state index is 0.0128. The third-order valence-electron chi connectivity index (χ3n) is 2.42. The van der Waals surface area contributed by atoms with Gasteiger partial charge in [0.15, 0.2) is 6.10 Å². The molecule has 2 atom stereocenters. The molecule has 0 spiro atoms. The fourth-order valence-corrected chi connectivity index (χ4v) is 1.68. The highest BCUT2D eigenvalue weighted by atomic mass is 16.6. The van der Waals surface area contributed by atoms with Crippen LogP contribution in [0.15, 0.2) is 25.7 Å². The zero-order valence-corrected chi connectivity index (χ0v) is 10.3. The lowest BCUT2D eigenvalue weighted by molar-refractivity contribution is -0.180. The maximum absolute atomic E-state index is 12.0. The summed E-state index contributed by atoms with van der Waals surface area (Å²) in [5, 5.41) is 2.43. The van der Waals surface area contributed by atoms with Crippen molar-refractivity contribution in [2.75, 3.05) is 6.61 Å². The molecule has 100 valence electrons. The van der Waals surface area contributed by atoms with E-state index >= 15 is 0 Å². The molecule has 0 aromatic heterocycles. The molecule has 1 rings (SSSR count). The van der Waals surface area contributed by atoms with E-state index in [2.05, 4.69) is 18.5 Å². The third kappa shape index (κ3) is 2.64. The van der Waals surface area contributed by atoms with Crippen LogP contribution in [-0.4, -0.2) is 30.3 Å². The van der Waals surface area contributed by atoms with Gasteiger partial charge in [-0.3, -0.25) is 4.79 Å². The molecular formula is C12H17NO5. The first-order valence-electron chi connectivity index (χ1n) is 5.64. The number of ether oxygens (including phenoxy) is 3. The molecule has 1 fully saturated rings. The van der Waals surface area contributed by atoms with E-state index < -0.39 is 17.8 Å². The van der Waals surface area contributed by atoms with Crippen LogP contribution < -0.4 is 5.32 Å². The quantitative estimate of drug-likeness (QED) is 0.539. The van der Waals surface area contributed by atoms with Gasteiger partial charge >= 0.3 is 11.7 Å². The Morgan fingerprint density at radius 1 is 1.56 bits per heavy atom. The first kappa shape index (κ1) is 14.1. The van der Waals surface area contributed by atoms with Gasteiger partial charge in [0.05, 0.1) is 25.6 Å². The smallest absolute Gasteiger partial charge is 0.376 e. The molecule has 0 aliphatic carbocycles. The maximum Gasteiger partial charge on any atom is 0.376 e. The molecule has 1 saturated heterocycles. The standard InChI is InChI=1S/C12H17NO5/c1-4-7-17-11(15)12(18-6-3)9(16-5-2)8-10(14)13-12/h5-6,9H,2-4,7-8H2,1H3,(H,13,14)/t9?,12-/m1/s1. The molecule has 1 N–H and O–H groups in total. The Labute approximate surface area is 106 Å². The van der Waals surface area contributed by atoms with Crippen molar-refractivity contribution in [2.24, 2.45) is 0 Å². The van der Waals surface area contributed by atoms with E-state index in [1.165, 1.54) is 0 Å². The number of nitrogens with one attached hydrogen (secondary N) is 1. The van der Waals surface area contributed by atoms with Crippen LogP contribution in [0.4, 0.5) is 0 Å². The molecule has 1 aliphatic heterocycles. The minimum atomic E-state index is -1.68. The van der Waals surface area contributed by atoms with Gasteiger partial charge in [-0.2, -0.15) is 0 Å². The van der Waals surface area contributed by atoms with E-state index in [-0.39, 0.29) is 18.9 Å². The van der Waals surface area contributed by atoms with Crippen LogP contribution >= 0.6 is 0 Å². The van der Waals surface area contributed by atoms with Crippen molar-refractivity contribution < 1.29 is 23.8 Å². The average molecular weight is 255 g/mol. The van der Waals surface area contributed by atoms with E-state index in [0.29, 0.717) is 6.42 Å². The van der Waals surface area contributed by atoms with Crippen molar-refractivity contribution in [3.05, 3.63) is 25.7 Å². The Morgan fingerprint density at radius 2 is 2.28 bits per heavy atom. The SMILES string of the molecule is C=COC1CC(=O)N[C@]1(OC=C)C(=O)OCCC. The molecule has 1 unspecified atom stereocenters. The summed E-state index contributed by atoms with van der Waals surface area (Å²) in [6.45, 7) is 8.88. The molecule has 1 aliphatic rings. The summed E-state index contributed by atoms with van der Waals surface area (Å²) in [7, 11) is 0. The summed E-state index contributed by atoms with van der Waals surface area (Å²) >= 11 is 0. The average Bonchev–Trinajstić information content (AvgIpc) is 2.65. The number of esters is 1. The Kier molecular flexibility index (Phi) is 4.76. The summed E-state index contributed by atoms with van der Waals surface area (Å²) < 4.78 is 15.3. The molecule has 18 heavy (non-hydrogen) atoms.